The lowest BCUT2D eigenvalue weighted by Crippen LogP contribution is -2.40. The summed E-state index contributed by atoms with van der Waals surface area (Å²) in [5, 5.41) is 7.63. The van der Waals surface area contributed by atoms with Crippen molar-refractivity contribution in [3.8, 4) is 11.1 Å². The summed E-state index contributed by atoms with van der Waals surface area (Å²) in [5.74, 6) is -0.0238. The van der Waals surface area contributed by atoms with E-state index in [4.69, 9.17) is 16.3 Å². The molecule has 0 unspecified atom stereocenters. The van der Waals surface area contributed by atoms with E-state index in [0.29, 0.717) is 11.1 Å². The molecular weight excluding hydrogens is 472 g/mol. The van der Waals surface area contributed by atoms with Gasteiger partial charge >= 0.3 is 0 Å². The van der Waals surface area contributed by atoms with Gasteiger partial charge in [-0.2, -0.15) is 0 Å². The number of aromatic nitrogens is 1. The molecule has 0 atom stereocenters. The third-order valence-corrected chi connectivity index (χ3v) is 7.31. The first-order valence-electron chi connectivity index (χ1n) is 12.6. The molecule has 188 valence electrons. The van der Waals surface area contributed by atoms with Crippen LogP contribution < -0.4 is 15.5 Å². The summed E-state index contributed by atoms with van der Waals surface area (Å²) in [6, 6.07) is 16.7. The summed E-state index contributed by atoms with van der Waals surface area (Å²) < 4.78 is 5.42. The van der Waals surface area contributed by atoms with E-state index in [1.807, 2.05) is 56.0 Å². The number of ether oxygens (including phenoxy) is 1. The Kier molecular flexibility index (Phi) is 7.02. The molecule has 1 saturated heterocycles. The van der Waals surface area contributed by atoms with Gasteiger partial charge in [0, 0.05) is 61.0 Å². The molecule has 3 aromatic rings. The van der Waals surface area contributed by atoms with Gasteiger partial charge in [-0.05, 0) is 75.6 Å². The van der Waals surface area contributed by atoms with Gasteiger partial charge in [-0.15, -0.1) is 0 Å². The van der Waals surface area contributed by atoms with Crippen molar-refractivity contribution in [1.29, 1.82) is 0 Å². The average molecular weight is 505 g/mol. The van der Waals surface area contributed by atoms with Crippen LogP contribution in [0.15, 0.2) is 54.7 Å². The van der Waals surface area contributed by atoms with Crippen LogP contribution in [0, 0.1) is 6.92 Å². The second-order valence-corrected chi connectivity index (χ2v) is 10.6. The lowest BCUT2D eigenvalue weighted by molar-refractivity contribution is -0.122. The van der Waals surface area contributed by atoms with Crippen molar-refractivity contribution in [2.45, 2.75) is 45.1 Å². The van der Waals surface area contributed by atoms with Crippen LogP contribution in [0.4, 0.5) is 17.1 Å². The van der Waals surface area contributed by atoms with Crippen molar-refractivity contribution in [3.05, 3.63) is 71.0 Å². The molecule has 0 saturated carbocycles. The van der Waals surface area contributed by atoms with E-state index in [2.05, 4.69) is 33.8 Å². The lowest BCUT2D eigenvalue weighted by atomic mass is 9.84. The van der Waals surface area contributed by atoms with Crippen molar-refractivity contribution in [3.63, 3.8) is 0 Å². The third-order valence-electron chi connectivity index (χ3n) is 7.10. The summed E-state index contributed by atoms with van der Waals surface area (Å²) >= 11 is 6.35. The number of anilines is 3. The van der Waals surface area contributed by atoms with E-state index in [9.17, 15) is 4.79 Å². The number of hydrogen-bond acceptors (Lipinski definition) is 5. The number of carbonyl (C=O) groups is 1. The molecule has 2 N–H and O–H groups in total. The van der Waals surface area contributed by atoms with Gasteiger partial charge < -0.3 is 15.4 Å². The highest BCUT2D eigenvalue weighted by molar-refractivity contribution is 6.31. The Labute approximate surface area is 218 Å². The number of fused-ring (bicyclic) bond motifs is 3. The SMILES string of the molecule is Cc1ccc2c(c1)N(c1ccc(NCCNC3CCOCC3)cc1)C(=O)C(C)(C)c1ncc(Cl)cc1-2. The fourth-order valence-corrected chi connectivity index (χ4v) is 5.21. The van der Waals surface area contributed by atoms with Crippen LogP contribution in [-0.2, 0) is 14.9 Å². The van der Waals surface area contributed by atoms with E-state index in [1.54, 1.807) is 6.20 Å². The lowest BCUT2D eigenvalue weighted by Gasteiger charge is -2.30. The normalized spacial score (nSPS) is 17.3. The maximum atomic E-state index is 14.1. The molecule has 1 fully saturated rings. The van der Waals surface area contributed by atoms with E-state index in [-0.39, 0.29) is 5.91 Å². The van der Waals surface area contributed by atoms with E-state index >= 15 is 0 Å². The van der Waals surface area contributed by atoms with Crippen molar-refractivity contribution in [2.75, 3.05) is 36.5 Å². The van der Waals surface area contributed by atoms with Crippen LogP contribution in [0.2, 0.25) is 5.02 Å². The Morgan fingerprint density at radius 3 is 2.56 bits per heavy atom. The van der Waals surface area contributed by atoms with Gasteiger partial charge in [0.05, 0.1) is 21.8 Å². The van der Waals surface area contributed by atoms with Crippen LogP contribution >= 0.6 is 11.6 Å². The highest BCUT2D eigenvalue weighted by Gasteiger charge is 2.42. The molecule has 0 aliphatic carbocycles. The van der Waals surface area contributed by atoms with Crippen molar-refractivity contribution >= 4 is 34.6 Å². The van der Waals surface area contributed by atoms with Crippen LogP contribution in [0.5, 0.6) is 0 Å². The number of benzene rings is 2. The zero-order valence-corrected chi connectivity index (χ0v) is 21.9. The molecule has 0 bridgehead atoms. The average Bonchev–Trinajstić information content (AvgIpc) is 2.94. The standard InChI is InChI=1S/C29H33ClN4O2/c1-19-4-9-24-25-17-20(30)18-33-27(25)29(2,3)28(35)34(26(24)16-19)23-7-5-21(6-8-23)31-12-13-32-22-10-14-36-15-11-22/h4-9,16-18,22,31-32H,10-15H2,1-3H3. The first-order chi connectivity index (χ1) is 17.3. The van der Waals surface area contributed by atoms with Crippen LogP contribution in [-0.4, -0.2) is 43.2 Å². The number of hydrogen-bond donors (Lipinski definition) is 2. The number of halogens is 1. The summed E-state index contributed by atoms with van der Waals surface area (Å²) in [7, 11) is 0. The van der Waals surface area contributed by atoms with Crippen LogP contribution in [0.25, 0.3) is 11.1 Å². The number of pyridine rings is 1. The summed E-state index contributed by atoms with van der Waals surface area (Å²) in [6.07, 6.45) is 3.76. The molecule has 6 nitrogen and oxygen atoms in total. The number of nitrogens with zero attached hydrogens (tertiary/aromatic N) is 2. The molecule has 3 heterocycles. The molecule has 0 radical (unpaired) electrons. The van der Waals surface area contributed by atoms with Gasteiger partial charge in [-0.25, -0.2) is 0 Å². The number of nitrogens with one attached hydrogen (secondary N) is 2. The molecule has 0 spiro atoms. The molecule has 2 aliphatic rings. The predicted molar refractivity (Wildman–Crippen MR) is 146 cm³/mol. The number of carbonyl (C=O) groups excluding carboxylic acids is 1. The second-order valence-electron chi connectivity index (χ2n) is 10.2. The highest BCUT2D eigenvalue weighted by atomic mass is 35.5. The van der Waals surface area contributed by atoms with Crippen molar-refractivity contribution in [2.24, 2.45) is 0 Å². The van der Waals surface area contributed by atoms with E-state index < -0.39 is 5.41 Å². The Morgan fingerprint density at radius 2 is 1.81 bits per heavy atom. The molecular formula is C29H33ClN4O2. The Balaban J connectivity index is 1.41. The van der Waals surface area contributed by atoms with Gasteiger partial charge in [0.15, 0.2) is 0 Å². The predicted octanol–water partition coefficient (Wildman–Crippen LogP) is 5.85. The van der Waals surface area contributed by atoms with Gasteiger partial charge in [-0.1, -0.05) is 23.7 Å². The molecule has 2 aromatic carbocycles. The maximum Gasteiger partial charge on any atom is 0.243 e. The molecule has 7 heteroatoms. The molecule has 5 rings (SSSR count). The summed E-state index contributed by atoms with van der Waals surface area (Å²) in [5.41, 5.74) is 5.52. The molecule has 1 aromatic heterocycles. The zero-order chi connectivity index (χ0) is 25.3. The van der Waals surface area contributed by atoms with Gasteiger partial charge in [0.2, 0.25) is 5.91 Å². The summed E-state index contributed by atoms with van der Waals surface area (Å²) in [4.78, 5) is 20.5. The minimum Gasteiger partial charge on any atom is -0.384 e. The van der Waals surface area contributed by atoms with Crippen molar-refractivity contribution in [1.82, 2.24) is 10.3 Å². The molecule has 2 aliphatic heterocycles. The highest BCUT2D eigenvalue weighted by Crippen LogP contribution is 2.46. The smallest absolute Gasteiger partial charge is 0.243 e. The van der Waals surface area contributed by atoms with Crippen molar-refractivity contribution < 1.29 is 9.53 Å². The summed E-state index contributed by atoms with van der Waals surface area (Å²) in [6.45, 7) is 9.31. The van der Waals surface area contributed by atoms with Gasteiger partial charge in [-0.3, -0.25) is 14.7 Å². The largest absolute Gasteiger partial charge is 0.384 e. The Hall–Kier alpha value is -2.93. The van der Waals surface area contributed by atoms with E-state index in [1.165, 1.54) is 0 Å². The van der Waals surface area contributed by atoms with Gasteiger partial charge in [0.25, 0.3) is 0 Å². The molecule has 36 heavy (non-hydrogen) atoms. The second kappa shape index (κ2) is 10.2. The maximum absolute atomic E-state index is 14.1. The van der Waals surface area contributed by atoms with Gasteiger partial charge in [0.1, 0.15) is 0 Å². The fraction of sp³-hybridized carbons (Fsp3) is 0.379. The minimum atomic E-state index is -0.834. The first-order valence-corrected chi connectivity index (χ1v) is 13.0. The van der Waals surface area contributed by atoms with Crippen LogP contribution in [0.1, 0.15) is 37.9 Å². The minimum absolute atomic E-state index is 0.0238. The Morgan fingerprint density at radius 1 is 1.06 bits per heavy atom. The third kappa shape index (κ3) is 4.85. The number of rotatable bonds is 6. The topological polar surface area (TPSA) is 66.5 Å². The first kappa shape index (κ1) is 24.8. The quantitative estimate of drug-likeness (QED) is 0.412. The van der Waals surface area contributed by atoms with E-state index in [0.717, 1.165) is 78.6 Å². The number of aryl methyl sites for hydroxylation is 1. The zero-order valence-electron chi connectivity index (χ0n) is 21.1. The monoisotopic (exact) mass is 504 g/mol. The number of amides is 1. The fourth-order valence-electron chi connectivity index (χ4n) is 5.06. The van der Waals surface area contributed by atoms with Crippen LogP contribution in [0.3, 0.4) is 0 Å². The molecule has 1 amide bonds. The Bertz CT molecular complexity index is 1250.